The molecule has 0 fully saturated rings. The van der Waals surface area contributed by atoms with Crippen molar-refractivity contribution in [2.45, 2.75) is 12.8 Å². The summed E-state index contributed by atoms with van der Waals surface area (Å²) in [7, 11) is 0. The van der Waals surface area contributed by atoms with Crippen LogP contribution in [0.5, 0.6) is 0 Å². The van der Waals surface area contributed by atoms with Gasteiger partial charge in [0.1, 0.15) is 12.8 Å². The third kappa shape index (κ3) is 43.1. The van der Waals surface area contributed by atoms with Crippen molar-refractivity contribution in [1.29, 1.82) is 10.5 Å². The molecule has 126 valence electrons. The van der Waals surface area contributed by atoms with E-state index in [-0.39, 0.29) is 13.2 Å². The first-order valence-corrected chi connectivity index (χ1v) is 6.00. The summed E-state index contributed by atoms with van der Waals surface area (Å²) in [5.41, 5.74) is 0. The Kier molecular flexibility index (Phi) is 26.8. The van der Waals surface area contributed by atoms with Gasteiger partial charge in [-0.2, -0.15) is 10.5 Å². The fourth-order valence-electron chi connectivity index (χ4n) is 0.586. The van der Waals surface area contributed by atoms with Gasteiger partial charge in [-0.1, -0.05) is 0 Å². The van der Waals surface area contributed by atoms with E-state index in [1.54, 1.807) is 0 Å². The third-order valence-corrected chi connectivity index (χ3v) is 1.30. The Hall–Kier alpha value is -2.24. The molecule has 22 heavy (non-hydrogen) atoms. The molecule has 10 heteroatoms. The highest BCUT2D eigenvalue weighted by atomic mass is 16.5. The molecule has 0 aromatic heterocycles. The van der Waals surface area contributed by atoms with E-state index in [1.807, 2.05) is 0 Å². The summed E-state index contributed by atoms with van der Waals surface area (Å²) in [5.74, 6) is -2.14. The van der Waals surface area contributed by atoms with Gasteiger partial charge in [-0.25, -0.2) is 0 Å². The smallest absolute Gasteiger partial charge is 0.317 e. The molecule has 0 heterocycles. The second-order valence-corrected chi connectivity index (χ2v) is 3.13. The number of rotatable bonds is 9. The molecule has 0 aliphatic rings. The van der Waals surface area contributed by atoms with Crippen LogP contribution in [0.25, 0.3) is 0 Å². The Bertz CT molecular complexity index is 314. The van der Waals surface area contributed by atoms with Crippen LogP contribution in [0.3, 0.4) is 0 Å². The molecule has 0 aromatic carbocycles. The van der Waals surface area contributed by atoms with E-state index in [4.69, 9.17) is 40.4 Å². The van der Waals surface area contributed by atoms with Gasteiger partial charge in [0.15, 0.2) is 0 Å². The highest BCUT2D eigenvalue weighted by Crippen LogP contribution is 1.76. The molecule has 0 amide bonds. The van der Waals surface area contributed by atoms with Gasteiger partial charge < -0.3 is 29.9 Å². The number of hydrogen-bond donors (Lipinski definition) is 4. The average molecular weight is 320 g/mol. The zero-order chi connectivity index (χ0) is 17.6. The van der Waals surface area contributed by atoms with Crippen molar-refractivity contribution >= 4 is 11.9 Å². The zero-order valence-corrected chi connectivity index (χ0v) is 12.0. The predicted molar refractivity (Wildman–Crippen MR) is 71.5 cm³/mol. The van der Waals surface area contributed by atoms with Crippen LogP contribution in [-0.4, -0.2) is 72.0 Å². The molecule has 0 aliphatic carbocycles. The molecule has 0 atom stereocenters. The molecule has 0 aliphatic heterocycles. The molecule has 10 nitrogen and oxygen atoms in total. The molecule has 0 bridgehead atoms. The van der Waals surface area contributed by atoms with Gasteiger partial charge in [-0.15, -0.1) is 0 Å². The fourth-order valence-corrected chi connectivity index (χ4v) is 0.586. The number of carboxylic acids is 2. The first-order valence-electron chi connectivity index (χ1n) is 6.00. The van der Waals surface area contributed by atoms with Gasteiger partial charge in [-0.3, -0.25) is 9.59 Å². The van der Waals surface area contributed by atoms with Gasteiger partial charge in [0.2, 0.25) is 0 Å². The number of nitriles is 2. The lowest BCUT2D eigenvalue weighted by molar-refractivity contribution is -0.136. The Morgan fingerprint density at radius 1 is 0.773 bits per heavy atom. The number of aliphatic hydroxyl groups is 2. The van der Waals surface area contributed by atoms with Crippen molar-refractivity contribution in [2.75, 3.05) is 39.6 Å². The van der Waals surface area contributed by atoms with Crippen molar-refractivity contribution in [2.24, 2.45) is 0 Å². The van der Waals surface area contributed by atoms with E-state index in [9.17, 15) is 9.59 Å². The number of hydrogen-bond acceptors (Lipinski definition) is 8. The van der Waals surface area contributed by atoms with E-state index >= 15 is 0 Å². The average Bonchev–Trinajstić information content (AvgIpc) is 2.44. The van der Waals surface area contributed by atoms with Crippen LogP contribution in [0, 0.1) is 22.7 Å². The number of aliphatic hydroxyl groups excluding tert-OH is 2. The first-order chi connectivity index (χ1) is 10.5. The van der Waals surface area contributed by atoms with Gasteiger partial charge in [0.05, 0.1) is 51.8 Å². The van der Waals surface area contributed by atoms with Crippen molar-refractivity contribution in [3.63, 3.8) is 0 Å². The van der Waals surface area contributed by atoms with Crippen LogP contribution in [-0.2, 0) is 19.1 Å². The molecule has 4 N–H and O–H groups in total. The minimum Gasteiger partial charge on any atom is -0.480 e. The Morgan fingerprint density at radius 2 is 1.09 bits per heavy atom. The highest BCUT2D eigenvalue weighted by Gasteiger charge is 1.88. The Labute approximate surface area is 127 Å². The van der Waals surface area contributed by atoms with Crippen LogP contribution in [0.2, 0.25) is 0 Å². The normalized spacial score (nSPS) is 8.18. The van der Waals surface area contributed by atoms with E-state index in [0.29, 0.717) is 26.4 Å². The summed E-state index contributed by atoms with van der Waals surface area (Å²) in [6.45, 7) is 1.73. The monoisotopic (exact) mass is 320 g/mol. The van der Waals surface area contributed by atoms with Crippen molar-refractivity contribution in [1.82, 2.24) is 0 Å². The molecule has 0 rings (SSSR count). The molecular weight excluding hydrogens is 300 g/mol. The van der Waals surface area contributed by atoms with E-state index in [0.717, 1.165) is 0 Å². The third-order valence-electron chi connectivity index (χ3n) is 1.30. The second-order valence-electron chi connectivity index (χ2n) is 3.13. The second kappa shape index (κ2) is 23.8. The number of nitrogens with zero attached hydrogens (tertiary/aromatic N) is 2. The molecule has 0 unspecified atom stereocenters. The van der Waals surface area contributed by atoms with Crippen molar-refractivity contribution in [3.8, 4) is 12.1 Å². The van der Waals surface area contributed by atoms with Gasteiger partial charge in [0.25, 0.3) is 0 Å². The molecule has 0 radical (unpaired) electrons. The Morgan fingerprint density at radius 3 is 1.23 bits per heavy atom. The lowest BCUT2D eigenvalue weighted by Crippen LogP contribution is -2.09. The van der Waals surface area contributed by atoms with Crippen LogP contribution in [0.1, 0.15) is 12.8 Å². The number of aliphatic carboxylic acids is 2. The largest absolute Gasteiger partial charge is 0.480 e. The minimum atomic E-state index is -1.07. The Balaban J connectivity index is -0.000000261. The summed E-state index contributed by atoms with van der Waals surface area (Å²) in [6, 6.07) is 2.94. The lowest BCUT2D eigenvalue weighted by atomic mass is 10.5. The molecule has 0 saturated heterocycles. The SMILES string of the molecule is N#CCC(=O)O.N#CCC(=O)O.OCCOCCOCCO. The molecule has 0 aromatic rings. The fraction of sp³-hybridized carbons (Fsp3) is 0.667. The van der Waals surface area contributed by atoms with Crippen molar-refractivity contribution < 1.29 is 39.5 Å². The van der Waals surface area contributed by atoms with Gasteiger partial charge in [0, 0.05) is 0 Å². The maximum absolute atomic E-state index is 9.38. The molecule has 0 saturated carbocycles. The van der Waals surface area contributed by atoms with Crippen LogP contribution in [0.4, 0.5) is 0 Å². The summed E-state index contributed by atoms with van der Waals surface area (Å²) < 4.78 is 9.75. The van der Waals surface area contributed by atoms with E-state index in [2.05, 4.69) is 0 Å². The van der Waals surface area contributed by atoms with Crippen LogP contribution in [0.15, 0.2) is 0 Å². The number of carboxylic acid groups (broad SMARTS) is 2. The summed E-state index contributed by atoms with van der Waals surface area (Å²) in [5, 5.41) is 47.1. The quantitative estimate of drug-likeness (QED) is 0.383. The number of carbonyl (C=O) groups is 2. The van der Waals surface area contributed by atoms with Gasteiger partial charge >= 0.3 is 11.9 Å². The van der Waals surface area contributed by atoms with Gasteiger partial charge in [-0.05, 0) is 0 Å². The summed E-state index contributed by atoms with van der Waals surface area (Å²) >= 11 is 0. The predicted octanol–water partition coefficient (Wildman–Crippen LogP) is -1.03. The standard InChI is InChI=1S/C6H14O4.2C3H3NO2/c7-1-3-9-5-6-10-4-2-8;2*4-2-1-3(5)6/h7-8H,1-6H2;2*1H2,(H,5,6). The summed E-state index contributed by atoms with van der Waals surface area (Å²) in [6.07, 6.45) is -0.806. The minimum absolute atomic E-state index is 0.0417. The maximum Gasteiger partial charge on any atom is 0.317 e. The van der Waals surface area contributed by atoms with E-state index in [1.165, 1.54) is 12.1 Å². The zero-order valence-electron chi connectivity index (χ0n) is 12.0. The topological polar surface area (TPSA) is 181 Å². The maximum atomic E-state index is 9.38. The van der Waals surface area contributed by atoms with Crippen molar-refractivity contribution in [3.05, 3.63) is 0 Å². The van der Waals surface area contributed by atoms with Crippen LogP contribution < -0.4 is 0 Å². The molecule has 0 spiro atoms. The molecular formula is C12H20N2O8. The first kappa shape index (κ1) is 24.8. The van der Waals surface area contributed by atoms with Crippen LogP contribution >= 0.6 is 0 Å². The van der Waals surface area contributed by atoms with E-state index < -0.39 is 24.8 Å². The lowest BCUT2D eigenvalue weighted by Gasteiger charge is -2.01. The number of ether oxygens (including phenoxy) is 2. The highest BCUT2D eigenvalue weighted by molar-refractivity contribution is 5.69. The summed E-state index contributed by atoms with van der Waals surface area (Å²) in [4.78, 5) is 18.8.